The van der Waals surface area contributed by atoms with Gasteiger partial charge >= 0.3 is 0 Å². The van der Waals surface area contributed by atoms with E-state index in [1.807, 2.05) is 43.3 Å². The Kier molecular flexibility index (Phi) is 8.72. The molecule has 0 aliphatic rings. The Hall–Kier alpha value is -3.31. The van der Waals surface area contributed by atoms with Gasteiger partial charge in [-0.25, -0.2) is 0 Å². The maximum Gasteiger partial charge on any atom is 0.266 e. The number of carbonyl (C=O) groups is 1. The second-order valence-corrected chi connectivity index (χ2v) is 9.12. The Bertz CT molecular complexity index is 1250. The number of nitrogens with zero attached hydrogens (tertiary/aromatic N) is 1. The van der Waals surface area contributed by atoms with Crippen LogP contribution in [0.4, 0.5) is 5.69 Å². The van der Waals surface area contributed by atoms with E-state index in [0.29, 0.717) is 29.4 Å². The van der Waals surface area contributed by atoms with E-state index < -0.39 is 5.91 Å². The Balaban J connectivity index is 1.84. The lowest BCUT2D eigenvalue weighted by Crippen LogP contribution is -2.14. The molecule has 0 bridgehead atoms. The summed E-state index contributed by atoms with van der Waals surface area (Å²) in [4.78, 5) is 12.8. The van der Waals surface area contributed by atoms with Gasteiger partial charge in [-0.05, 0) is 83.8 Å². The van der Waals surface area contributed by atoms with Gasteiger partial charge in [-0.1, -0.05) is 54.4 Å². The molecule has 0 saturated heterocycles. The molecule has 0 aliphatic heterocycles. The molecule has 0 heterocycles. The number of aryl methyl sites for hydroxylation is 3. The largest absolute Gasteiger partial charge is 0.493 e. The maximum absolute atomic E-state index is 12.8. The van der Waals surface area contributed by atoms with E-state index in [1.165, 1.54) is 11.1 Å². The van der Waals surface area contributed by atoms with Crippen LogP contribution in [0.15, 0.2) is 60.2 Å². The van der Waals surface area contributed by atoms with Gasteiger partial charge in [0.05, 0.1) is 10.7 Å². The standard InChI is InChI=1S/C28H27IN2O3/c1-5-22-8-6-7-9-25(22)31-28(32)23(16-30)13-20-14-24(29)27(26(15-20)33-4)34-17-21-11-18(2)10-19(3)12-21/h6-15H,5,17H2,1-4H3,(H,31,32)/b23-13+. The molecule has 1 amide bonds. The highest BCUT2D eigenvalue weighted by molar-refractivity contribution is 14.1. The number of methoxy groups -OCH3 is 1. The first-order valence-corrected chi connectivity index (χ1v) is 12.0. The zero-order valence-corrected chi connectivity index (χ0v) is 21.9. The van der Waals surface area contributed by atoms with Crippen LogP contribution in [-0.4, -0.2) is 13.0 Å². The molecule has 0 atom stereocenters. The quantitative estimate of drug-likeness (QED) is 0.189. The van der Waals surface area contributed by atoms with Gasteiger partial charge in [0.2, 0.25) is 0 Å². The van der Waals surface area contributed by atoms with Crippen LogP contribution in [0.25, 0.3) is 6.08 Å². The van der Waals surface area contributed by atoms with E-state index in [2.05, 4.69) is 60.0 Å². The number of nitrogens with one attached hydrogen (secondary N) is 1. The van der Waals surface area contributed by atoms with Crippen LogP contribution in [0.2, 0.25) is 0 Å². The summed E-state index contributed by atoms with van der Waals surface area (Å²) in [6.07, 6.45) is 2.34. The molecule has 3 rings (SSSR count). The Labute approximate surface area is 214 Å². The molecular weight excluding hydrogens is 539 g/mol. The van der Waals surface area contributed by atoms with Gasteiger partial charge in [-0.3, -0.25) is 4.79 Å². The third-order valence-electron chi connectivity index (χ3n) is 5.24. The van der Waals surface area contributed by atoms with Gasteiger partial charge in [0.15, 0.2) is 11.5 Å². The van der Waals surface area contributed by atoms with Crippen LogP contribution >= 0.6 is 22.6 Å². The highest BCUT2D eigenvalue weighted by atomic mass is 127. The van der Waals surface area contributed by atoms with Crippen LogP contribution in [0.3, 0.4) is 0 Å². The zero-order chi connectivity index (χ0) is 24.7. The van der Waals surface area contributed by atoms with Crippen molar-refractivity contribution in [1.82, 2.24) is 0 Å². The number of rotatable bonds is 8. The lowest BCUT2D eigenvalue weighted by Gasteiger charge is -2.14. The fourth-order valence-electron chi connectivity index (χ4n) is 3.73. The normalized spacial score (nSPS) is 11.0. The Morgan fingerprint density at radius 2 is 1.82 bits per heavy atom. The van der Waals surface area contributed by atoms with Crippen LogP contribution in [-0.2, 0) is 17.8 Å². The SMILES string of the molecule is CCc1ccccc1NC(=O)/C(C#N)=C/c1cc(I)c(OCc2cc(C)cc(C)c2)c(OC)c1. The highest BCUT2D eigenvalue weighted by Crippen LogP contribution is 2.35. The molecule has 5 nitrogen and oxygen atoms in total. The molecule has 0 unspecified atom stereocenters. The summed E-state index contributed by atoms with van der Waals surface area (Å²) in [7, 11) is 1.57. The molecule has 0 aliphatic carbocycles. The van der Waals surface area contributed by atoms with Crippen molar-refractivity contribution in [3.63, 3.8) is 0 Å². The smallest absolute Gasteiger partial charge is 0.266 e. The number of hydrogen-bond donors (Lipinski definition) is 1. The zero-order valence-electron chi connectivity index (χ0n) is 19.7. The van der Waals surface area contributed by atoms with E-state index in [9.17, 15) is 10.1 Å². The molecule has 0 radical (unpaired) electrons. The fraction of sp³-hybridized carbons (Fsp3) is 0.214. The van der Waals surface area contributed by atoms with Gasteiger partial charge in [-0.15, -0.1) is 0 Å². The summed E-state index contributed by atoms with van der Waals surface area (Å²) in [5.41, 5.74) is 5.85. The number of carbonyl (C=O) groups excluding carboxylic acids is 1. The number of benzene rings is 3. The van der Waals surface area contributed by atoms with Crippen molar-refractivity contribution in [2.75, 3.05) is 12.4 Å². The molecule has 0 aromatic heterocycles. The van der Waals surface area contributed by atoms with Gasteiger partial charge in [0.1, 0.15) is 18.2 Å². The third-order valence-corrected chi connectivity index (χ3v) is 6.04. The molecule has 0 spiro atoms. The predicted octanol–water partition coefficient (Wildman–Crippen LogP) is 6.60. The average Bonchev–Trinajstić information content (AvgIpc) is 2.81. The summed E-state index contributed by atoms with van der Waals surface area (Å²) in [6, 6.07) is 19.5. The van der Waals surface area contributed by atoms with E-state index >= 15 is 0 Å². The van der Waals surface area contributed by atoms with Crippen molar-refractivity contribution in [3.05, 3.63) is 91.6 Å². The highest BCUT2D eigenvalue weighted by Gasteiger charge is 2.15. The van der Waals surface area contributed by atoms with Gasteiger partial charge in [0.25, 0.3) is 5.91 Å². The van der Waals surface area contributed by atoms with Crippen molar-refractivity contribution < 1.29 is 14.3 Å². The molecule has 174 valence electrons. The molecule has 0 fully saturated rings. The summed E-state index contributed by atoms with van der Waals surface area (Å²) >= 11 is 2.18. The van der Waals surface area contributed by atoms with Crippen molar-refractivity contribution in [2.45, 2.75) is 33.8 Å². The molecule has 1 N–H and O–H groups in total. The van der Waals surface area contributed by atoms with E-state index in [-0.39, 0.29) is 5.57 Å². The van der Waals surface area contributed by atoms with Crippen molar-refractivity contribution in [2.24, 2.45) is 0 Å². The predicted molar refractivity (Wildman–Crippen MR) is 144 cm³/mol. The van der Waals surface area contributed by atoms with Gasteiger partial charge in [0, 0.05) is 5.69 Å². The molecule has 3 aromatic rings. The monoisotopic (exact) mass is 566 g/mol. The summed E-state index contributed by atoms with van der Waals surface area (Å²) in [5.74, 6) is 0.711. The minimum absolute atomic E-state index is 0.00710. The Morgan fingerprint density at radius 3 is 2.47 bits per heavy atom. The minimum atomic E-state index is -0.451. The van der Waals surface area contributed by atoms with Gasteiger partial charge < -0.3 is 14.8 Å². The molecule has 34 heavy (non-hydrogen) atoms. The lowest BCUT2D eigenvalue weighted by molar-refractivity contribution is -0.112. The topological polar surface area (TPSA) is 71.4 Å². The van der Waals surface area contributed by atoms with Crippen LogP contribution in [0.5, 0.6) is 11.5 Å². The van der Waals surface area contributed by atoms with E-state index in [1.54, 1.807) is 19.3 Å². The Morgan fingerprint density at radius 1 is 1.12 bits per heavy atom. The number of halogens is 1. The summed E-state index contributed by atoms with van der Waals surface area (Å²) in [5, 5.41) is 12.5. The van der Waals surface area contributed by atoms with E-state index in [4.69, 9.17) is 9.47 Å². The molecule has 3 aromatic carbocycles. The summed E-state index contributed by atoms with van der Waals surface area (Å²) < 4.78 is 12.5. The van der Waals surface area contributed by atoms with Crippen LogP contribution < -0.4 is 14.8 Å². The molecule has 6 heteroatoms. The molecule has 0 saturated carbocycles. The fourth-order valence-corrected chi connectivity index (χ4v) is 4.51. The molecular formula is C28H27IN2O3. The first-order valence-electron chi connectivity index (χ1n) is 10.9. The second kappa shape index (κ2) is 11.7. The van der Waals surface area contributed by atoms with Crippen molar-refractivity contribution >= 4 is 40.3 Å². The first-order chi connectivity index (χ1) is 16.3. The first kappa shape index (κ1) is 25.3. The number of hydrogen-bond acceptors (Lipinski definition) is 4. The van der Waals surface area contributed by atoms with Crippen molar-refractivity contribution in [1.29, 1.82) is 5.26 Å². The number of ether oxygens (including phenoxy) is 2. The second-order valence-electron chi connectivity index (χ2n) is 7.95. The average molecular weight is 566 g/mol. The summed E-state index contributed by atoms with van der Waals surface area (Å²) in [6.45, 7) is 6.55. The van der Waals surface area contributed by atoms with Gasteiger partial charge in [-0.2, -0.15) is 5.26 Å². The van der Waals surface area contributed by atoms with Crippen molar-refractivity contribution in [3.8, 4) is 17.6 Å². The lowest BCUT2D eigenvalue weighted by atomic mass is 10.1. The maximum atomic E-state index is 12.8. The van der Waals surface area contributed by atoms with Crippen LogP contribution in [0.1, 0.15) is 34.7 Å². The number of para-hydroxylation sites is 1. The van der Waals surface area contributed by atoms with E-state index in [0.717, 1.165) is 21.1 Å². The number of amides is 1. The van der Waals surface area contributed by atoms with Crippen LogP contribution in [0, 0.1) is 28.7 Å². The number of anilines is 1. The minimum Gasteiger partial charge on any atom is -0.493 e. The third kappa shape index (κ3) is 6.39. The number of nitriles is 1.